The Hall–Kier alpha value is -2.10. The highest BCUT2D eigenvalue weighted by Crippen LogP contribution is 2.17. The zero-order valence-corrected chi connectivity index (χ0v) is 8.44. The van der Waals surface area contributed by atoms with E-state index < -0.39 is 0 Å². The fraction of sp³-hybridized carbons (Fsp3) is 0.0909. The van der Waals surface area contributed by atoms with Crippen molar-refractivity contribution >= 4 is 11.6 Å². The van der Waals surface area contributed by atoms with Crippen LogP contribution < -0.4 is 11.5 Å². The molecule has 0 saturated carbocycles. The van der Waals surface area contributed by atoms with Crippen molar-refractivity contribution < 1.29 is 0 Å². The lowest BCUT2D eigenvalue weighted by Crippen LogP contribution is -1.99. The van der Waals surface area contributed by atoms with E-state index in [9.17, 15) is 0 Å². The summed E-state index contributed by atoms with van der Waals surface area (Å²) in [6, 6.07) is 9.43. The van der Waals surface area contributed by atoms with E-state index in [-0.39, 0.29) is 0 Å². The first-order chi connectivity index (χ1) is 7.15. The van der Waals surface area contributed by atoms with Gasteiger partial charge >= 0.3 is 0 Å². The molecule has 2 rings (SSSR count). The molecular weight excluding hydrogens is 188 g/mol. The van der Waals surface area contributed by atoms with Crippen LogP contribution in [0.25, 0.3) is 11.4 Å². The summed E-state index contributed by atoms with van der Waals surface area (Å²) in [5.41, 5.74) is 13.3. The van der Waals surface area contributed by atoms with E-state index in [1.54, 1.807) is 0 Å². The summed E-state index contributed by atoms with van der Waals surface area (Å²) < 4.78 is 0. The predicted octanol–water partition coefficient (Wildman–Crippen LogP) is 1.62. The molecule has 4 N–H and O–H groups in total. The van der Waals surface area contributed by atoms with Gasteiger partial charge in [-0.3, -0.25) is 0 Å². The Bertz CT molecular complexity index is 456. The Kier molecular flexibility index (Phi) is 2.25. The molecule has 1 aromatic carbocycles. The van der Waals surface area contributed by atoms with Crippen LogP contribution in [0.5, 0.6) is 0 Å². The average Bonchev–Trinajstić information content (AvgIpc) is 2.17. The Morgan fingerprint density at radius 3 is 2.00 bits per heavy atom. The maximum absolute atomic E-state index is 5.60. The molecule has 0 unspecified atom stereocenters. The zero-order chi connectivity index (χ0) is 10.8. The highest BCUT2D eigenvalue weighted by Gasteiger charge is 2.02. The Morgan fingerprint density at radius 2 is 1.47 bits per heavy atom. The van der Waals surface area contributed by atoms with Crippen molar-refractivity contribution in [1.82, 2.24) is 9.97 Å². The summed E-state index contributed by atoms with van der Waals surface area (Å²) >= 11 is 0. The molecule has 1 aromatic heterocycles. The molecule has 0 amide bonds. The molecule has 1 heterocycles. The highest BCUT2D eigenvalue weighted by molar-refractivity contribution is 5.59. The van der Waals surface area contributed by atoms with Crippen LogP contribution in [0.1, 0.15) is 5.56 Å². The Labute approximate surface area is 88.0 Å². The number of aromatic nitrogens is 2. The molecule has 0 atom stereocenters. The van der Waals surface area contributed by atoms with E-state index >= 15 is 0 Å². The summed E-state index contributed by atoms with van der Waals surface area (Å²) in [4.78, 5) is 8.24. The van der Waals surface area contributed by atoms with E-state index in [0.29, 0.717) is 17.5 Å². The number of hydrogen-bond acceptors (Lipinski definition) is 4. The van der Waals surface area contributed by atoms with Gasteiger partial charge in [-0.15, -0.1) is 0 Å². The Balaban J connectivity index is 2.49. The van der Waals surface area contributed by atoms with Crippen LogP contribution >= 0.6 is 0 Å². The second kappa shape index (κ2) is 3.57. The Morgan fingerprint density at radius 1 is 0.933 bits per heavy atom. The quantitative estimate of drug-likeness (QED) is 0.733. The average molecular weight is 200 g/mol. The van der Waals surface area contributed by atoms with Gasteiger partial charge in [-0.2, -0.15) is 0 Å². The van der Waals surface area contributed by atoms with Gasteiger partial charge in [0.05, 0.1) is 0 Å². The number of rotatable bonds is 1. The van der Waals surface area contributed by atoms with Crippen molar-refractivity contribution in [3.63, 3.8) is 0 Å². The van der Waals surface area contributed by atoms with Crippen LogP contribution in [0, 0.1) is 6.92 Å². The van der Waals surface area contributed by atoms with E-state index in [1.807, 2.05) is 31.2 Å². The zero-order valence-electron chi connectivity index (χ0n) is 8.44. The third-order valence-corrected chi connectivity index (χ3v) is 2.08. The van der Waals surface area contributed by atoms with Crippen molar-refractivity contribution in [3.05, 3.63) is 35.9 Å². The van der Waals surface area contributed by atoms with Gasteiger partial charge in [0.1, 0.15) is 11.6 Å². The van der Waals surface area contributed by atoms with Crippen LogP contribution in [-0.4, -0.2) is 9.97 Å². The smallest absolute Gasteiger partial charge is 0.163 e. The lowest BCUT2D eigenvalue weighted by Gasteiger charge is -2.03. The van der Waals surface area contributed by atoms with Gasteiger partial charge < -0.3 is 11.5 Å². The van der Waals surface area contributed by atoms with Crippen LogP contribution in [0.2, 0.25) is 0 Å². The summed E-state index contributed by atoms with van der Waals surface area (Å²) in [5, 5.41) is 0. The molecule has 4 heteroatoms. The maximum Gasteiger partial charge on any atom is 0.163 e. The van der Waals surface area contributed by atoms with Gasteiger partial charge in [0.15, 0.2) is 5.82 Å². The number of benzene rings is 1. The largest absolute Gasteiger partial charge is 0.384 e. The first-order valence-electron chi connectivity index (χ1n) is 4.62. The maximum atomic E-state index is 5.60. The first kappa shape index (κ1) is 9.45. The minimum absolute atomic E-state index is 0.387. The first-order valence-corrected chi connectivity index (χ1v) is 4.62. The standard InChI is InChI=1S/C11H12N4/c1-7-2-4-8(5-3-7)11-14-9(12)6-10(13)15-11/h2-6H,1H3,(H4,12,13,14,15). The van der Waals surface area contributed by atoms with Gasteiger partial charge in [0, 0.05) is 11.6 Å². The van der Waals surface area contributed by atoms with Gasteiger partial charge in [0.2, 0.25) is 0 Å². The molecule has 0 fully saturated rings. The normalized spacial score (nSPS) is 10.2. The van der Waals surface area contributed by atoms with Crippen LogP contribution in [0.3, 0.4) is 0 Å². The van der Waals surface area contributed by atoms with Crippen LogP contribution in [0.4, 0.5) is 11.6 Å². The topological polar surface area (TPSA) is 77.8 Å². The summed E-state index contributed by atoms with van der Waals surface area (Å²) in [7, 11) is 0. The number of aryl methyl sites for hydroxylation is 1. The molecule has 0 saturated heterocycles. The third kappa shape index (κ3) is 2.04. The number of nitrogens with zero attached hydrogens (tertiary/aromatic N) is 2. The van der Waals surface area contributed by atoms with Crippen LogP contribution in [0.15, 0.2) is 30.3 Å². The molecule has 15 heavy (non-hydrogen) atoms. The molecular formula is C11H12N4. The summed E-state index contributed by atoms with van der Waals surface area (Å²) in [5.74, 6) is 1.34. The highest BCUT2D eigenvalue weighted by atomic mass is 15.0. The lowest BCUT2D eigenvalue weighted by molar-refractivity contribution is 1.19. The fourth-order valence-corrected chi connectivity index (χ4v) is 1.32. The second-order valence-electron chi connectivity index (χ2n) is 3.41. The molecule has 0 bridgehead atoms. The van der Waals surface area contributed by atoms with Gasteiger partial charge in [-0.05, 0) is 6.92 Å². The minimum Gasteiger partial charge on any atom is -0.384 e. The fourth-order valence-electron chi connectivity index (χ4n) is 1.32. The van der Waals surface area contributed by atoms with Gasteiger partial charge in [-0.1, -0.05) is 29.8 Å². The molecule has 76 valence electrons. The number of anilines is 2. The van der Waals surface area contributed by atoms with E-state index in [4.69, 9.17) is 11.5 Å². The van der Waals surface area contributed by atoms with Crippen molar-refractivity contribution in [1.29, 1.82) is 0 Å². The van der Waals surface area contributed by atoms with Gasteiger partial charge in [0.25, 0.3) is 0 Å². The molecule has 0 aliphatic heterocycles. The number of hydrogen-bond donors (Lipinski definition) is 2. The SMILES string of the molecule is Cc1ccc(-c2nc(N)cc(N)n2)cc1. The van der Waals surface area contributed by atoms with Crippen molar-refractivity contribution in [3.8, 4) is 11.4 Å². The van der Waals surface area contributed by atoms with Crippen molar-refractivity contribution in [2.45, 2.75) is 6.92 Å². The number of nitrogens with two attached hydrogens (primary N) is 2. The predicted molar refractivity (Wildman–Crippen MR) is 61.0 cm³/mol. The molecule has 0 aliphatic carbocycles. The molecule has 0 spiro atoms. The summed E-state index contributed by atoms with van der Waals surface area (Å²) in [6.07, 6.45) is 0. The second-order valence-corrected chi connectivity index (χ2v) is 3.41. The van der Waals surface area contributed by atoms with E-state index in [1.165, 1.54) is 11.6 Å². The van der Waals surface area contributed by atoms with Gasteiger partial charge in [-0.25, -0.2) is 9.97 Å². The molecule has 4 nitrogen and oxygen atoms in total. The van der Waals surface area contributed by atoms with E-state index in [0.717, 1.165) is 5.56 Å². The van der Waals surface area contributed by atoms with Crippen LogP contribution in [-0.2, 0) is 0 Å². The van der Waals surface area contributed by atoms with Crippen molar-refractivity contribution in [2.24, 2.45) is 0 Å². The molecule has 2 aromatic rings. The molecule has 0 radical (unpaired) electrons. The third-order valence-electron chi connectivity index (χ3n) is 2.08. The number of nitrogen functional groups attached to an aromatic ring is 2. The molecule has 0 aliphatic rings. The lowest BCUT2D eigenvalue weighted by atomic mass is 10.1. The van der Waals surface area contributed by atoms with Crippen molar-refractivity contribution in [2.75, 3.05) is 11.5 Å². The van der Waals surface area contributed by atoms with E-state index in [2.05, 4.69) is 9.97 Å². The summed E-state index contributed by atoms with van der Waals surface area (Å²) in [6.45, 7) is 2.03. The minimum atomic E-state index is 0.387. The monoisotopic (exact) mass is 200 g/mol.